The molecule has 0 aromatic heterocycles. The highest BCUT2D eigenvalue weighted by Crippen LogP contribution is 2.53. The van der Waals surface area contributed by atoms with Gasteiger partial charge >= 0.3 is 0 Å². The predicted octanol–water partition coefficient (Wildman–Crippen LogP) is 6.39. The number of anilines is 3. The van der Waals surface area contributed by atoms with Gasteiger partial charge in [-0.3, -0.25) is 0 Å². The van der Waals surface area contributed by atoms with E-state index < -0.39 is 0 Å². The smallest absolute Gasteiger partial charge is 0.119 e. The largest absolute Gasteiger partial charge is 0.497 e. The molecular formula is C19H14BrNOS. The van der Waals surface area contributed by atoms with Crippen LogP contribution in [0, 0.1) is 0 Å². The third-order valence-corrected chi connectivity index (χ3v) is 5.58. The summed E-state index contributed by atoms with van der Waals surface area (Å²) < 4.78 is 6.38. The summed E-state index contributed by atoms with van der Waals surface area (Å²) in [6.45, 7) is 0. The maximum Gasteiger partial charge on any atom is 0.119 e. The lowest BCUT2D eigenvalue weighted by Gasteiger charge is -2.33. The third kappa shape index (κ3) is 2.52. The summed E-state index contributed by atoms with van der Waals surface area (Å²) in [4.78, 5) is 4.80. The molecule has 0 N–H and O–H groups in total. The zero-order chi connectivity index (χ0) is 15.8. The number of hydrogen-bond acceptors (Lipinski definition) is 3. The van der Waals surface area contributed by atoms with Crippen LogP contribution in [0.15, 0.2) is 81.0 Å². The minimum atomic E-state index is 0.862. The Balaban J connectivity index is 1.94. The Kier molecular flexibility index (Phi) is 3.79. The van der Waals surface area contributed by atoms with E-state index in [9.17, 15) is 0 Å². The molecule has 1 aliphatic rings. The highest BCUT2D eigenvalue weighted by molar-refractivity contribution is 9.10. The number of nitrogens with zero attached hydrogens (tertiary/aromatic N) is 1. The molecule has 1 aliphatic heterocycles. The van der Waals surface area contributed by atoms with E-state index >= 15 is 0 Å². The lowest BCUT2D eigenvalue weighted by Crippen LogP contribution is -2.15. The van der Waals surface area contributed by atoms with Gasteiger partial charge < -0.3 is 9.64 Å². The van der Waals surface area contributed by atoms with Gasteiger partial charge in [0.1, 0.15) is 5.75 Å². The van der Waals surface area contributed by atoms with Crippen molar-refractivity contribution in [2.75, 3.05) is 12.0 Å². The average Bonchev–Trinajstić information content (AvgIpc) is 2.60. The van der Waals surface area contributed by atoms with Crippen LogP contribution in [0.2, 0.25) is 0 Å². The Morgan fingerprint density at radius 3 is 2.39 bits per heavy atom. The van der Waals surface area contributed by atoms with Gasteiger partial charge in [-0.1, -0.05) is 30.0 Å². The Morgan fingerprint density at radius 1 is 0.870 bits per heavy atom. The minimum Gasteiger partial charge on any atom is -0.497 e. The summed E-state index contributed by atoms with van der Waals surface area (Å²) in [7, 11) is 1.69. The molecule has 114 valence electrons. The van der Waals surface area contributed by atoms with E-state index in [0.29, 0.717) is 0 Å². The standard InChI is InChI=1S/C19H14BrNOS/c1-22-14-11-9-13(10-12-14)21-16-6-2-3-7-17(16)23-18-8-4-5-15(20)19(18)21/h2-12H,1H3. The zero-order valence-corrected chi connectivity index (χ0v) is 14.9. The van der Waals surface area contributed by atoms with Crippen LogP contribution in [-0.2, 0) is 0 Å². The summed E-state index contributed by atoms with van der Waals surface area (Å²) in [5.41, 5.74) is 3.50. The summed E-state index contributed by atoms with van der Waals surface area (Å²) in [5.74, 6) is 0.862. The van der Waals surface area contributed by atoms with Crippen LogP contribution in [0.4, 0.5) is 17.1 Å². The summed E-state index contributed by atoms with van der Waals surface area (Å²) >= 11 is 5.53. The van der Waals surface area contributed by atoms with Crippen LogP contribution in [0.1, 0.15) is 0 Å². The van der Waals surface area contributed by atoms with Crippen molar-refractivity contribution in [3.8, 4) is 5.75 Å². The van der Waals surface area contributed by atoms with Crippen molar-refractivity contribution in [2.24, 2.45) is 0 Å². The van der Waals surface area contributed by atoms with E-state index in [4.69, 9.17) is 4.74 Å². The first-order valence-corrected chi connectivity index (χ1v) is 8.88. The van der Waals surface area contributed by atoms with Crippen molar-refractivity contribution >= 4 is 44.8 Å². The fourth-order valence-corrected chi connectivity index (χ4v) is 4.53. The number of hydrogen-bond donors (Lipinski definition) is 0. The third-order valence-electron chi connectivity index (χ3n) is 3.83. The van der Waals surface area contributed by atoms with Gasteiger partial charge in [0.05, 0.1) is 18.5 Å². The maximum absolute atomic E-state index is 5.29. The Bertz CT molecular complexity index is 863. The molecule has 2 nitrogen and oxygen atoms in total. The van der Waals surface area contributed by atoms with Gasteiger partial charge in [-0.15, -0.1) is 0 Å². The quantitative estimate of drug-likeness (QED) is 0.397. The Morgan fingerprint density at radius 2 is 1.61 bits per heavy atom. The van der Waals surface area contributed by atoms with Crippen molar-refractivity contribution in [1.29, 1.82) is 0 Å². The number of ether oxygens (including phenoxy) is 1. The van der Waals surface area contributed by atoms with Crippen molar-refractivity contribution in [3.05, 3.63) is 71.2 Å². The highest BCUT2D eigenvalue weighted by Gasteiger charge is 2.26. The van der Waals surface area contributed by atoms with Crippen LogP contribution in [-0.4, -0.2) is 7.11 Å². The molecule has 0 saturated heterocycles. The lowest BCUT2D eigenvalue weighted by molar-refractivity contribution is 0.415. The molecule has 0 amide bonds. The van der Waals surface area contributed by atoms with Crippen LogP contribution >= 0.6 is 27.7 Å². The minimum absolute atomic E-state index is 0.862. The SMILES string of the molecule is COc1ccc(N2c3ccccc3Sc3cccc(Br)c32)cc1. The number of benzene rings is 3. The number of rotatable bonds is 2. The van der Waals surface area contributed by atoms with Gasteiger partial charge in [-0.05, 0) is 64.5 Å². The Hall–Kier alpha value is -1.91. The molecule has 3 aromatic rings. The van der Waals surface area contributed by atoms with Crippen LogP contribution < -0.4 is 9.64 Å². The molecule has 0 bridgehead atoms. The van der Waals surface area contributed by atoms with Crippen molar-refractivity contribution < 1.29 is 4.74 Å². The number of halogens is 1. The molecule has 0 atom stereocenters. The number of fused-ring (bicyclic) bond motifs is 2. The normalized spacial score (nSPS) is 12.5. The molecule has 1 heterocycles. The van der Waals surface area contributed by atoms with E-state index in [1.54, 1.807) is 18.9 Å². The first-order chi connectivity index (χ1) is 11.3. The highest BCUT2D eigenvalue weighted by atomic mass is 79.9. The van der Waals surface area contributed by atoms with Gasteiger partial charge in [-0.2, -0.15) is 0 Å². The molecule has 4 rings (SSSR count). The van der Waals surface area contributed by atoms with E-state index in [2.05, 4.69) is 75.4 Å². The number of methoxy groups -OCH3 is 1. The molecule has 3 aromatic carbocycles. The lowest BCUT2D eigenvalue weighted by atomic mass is 10.2. The predicted molar refractivity (Wildman–Crippen MR) is 99.5 cm³/mol. The van der Waals surface area contributed by atoms with E-state index in [0.717, 1.165) is 15.9 Å². The van der Waals surface area contributed by atoms with Gasteiger partial charge in [0, 0.05) is 20.0 Å². The zero-order valence-electron chi connectivity index (χ0n) is 12.5. The summed E-state index contributed by atoms with van der Waals surface area (Å²) in [6, 6.07) is 23.0. The first kappa shape index (κ1) is 14.7. The molecule has 0 spiro atoms. The average molecular weight is 384 g/mol. The Labute approximate surface area is 148 Å². The second kappa shape index (κ2) is 5.95. The van der Waals surface area contributed by atoms with Gasteiger partial charge in [0.25, 0.3) is 0 Å². The van der Waals surface area contributed by atoms with Crippen LogP contribution in [0.25, 0.3) is 0 Å². The molecule has 0 radical (unpaired) electrons. The van der Waals surface area contributed by atoms with Crippen LogP contribution in [0.5, 0.6) is 5.75 Å². The fraction of sp³-hybridized carbons (Fsp3) is 0.0526. The van der Waals surface area contributed by atoms with Crippen molar-refractivity contribution in [2.45, 2.75) is 9.79 Å². The van der Waals surface area contributed by atoms with E-state index in [1.807, 2.05) is 12.1 Å². The van der Waals surface area contributed by atoms with E-state index in [-0.39, 0.29) is 0 Å². The first-order valence-electron chi connectivity index (χ1n) is 7.27. The molecule has 0 unspecified atom stereocenters. The molecule has 23 heavy (non-hydrogen) atoms. The molecule has 0 fully saturated rings. The molecule has 0 saturated carbocycles. The second-order valence-electron chi connectivity index (χ2n) is 5.19. The summed E-state index contributed by atoms with van der Waals surface area (Å²) in [5, 5.41) is 0. The molecule has 0 aliphatic carbocycles. The fourth-order valence-electron chi connectivity index (χ4n) is 2.76. The van der Waals surface area contributed by atoms with Crippen molar-refractivity contribution in [3.63, 3.8) is 0 Å². The monoisotopic (exact) mass is 383 g/mol. The van der Waals surface area contributed by atoms with E-state index in [1.165, 1.54) is 21.2 Å². The van der Waals surface area contributed by atoms with Gasteiger partial charge in [-0.25, -0.2) is 0 Å². The second-order valence-corrected chi connectivity index (χ2v) is 7.13. The number of para-hydroxylation sites is 2. The van der Waals surface area contributed by atoms with Crippen molar-refractivity contribution in [1.82, 2.24) is 0 Å². The van der Waals surface area contributed by atoms with Crippen LogP contribution in [0.3, 0.4) is 0 Å². The molecular weight excluding hydrogens is 370 g/mol. The van der Waals surface area contributed by atoms with Gasteiger partial charge in [0.2, 0.25) is 0 Å². The maximum atomic E-state index is 5.29. The molecule has 4 heteroatoms. The topological polar surface area (TPSA) is 12.5 Å². The van der Waals surface area contributed by atoms with Gasteiger partial charge in [0.15, 0.2) is 0 Å². The summed E-state index contributed by atoms with van der Waals surface area (Å²) in [6.07, 6.45) is 0.